The summed E-state index contributed by atoms with van der Waals surface area (Å²) in [5.74, 6) is 1.27. The highest BCUT2D eigenvalue weighted by molar-refractivity contribution is 8.07. The predicted octanol–water partition coefficient (Wildman–Crippen LogP) is 3.82. The van der Waals surface area contributed by atoms with Gasteiger partial charge in [0.25, 0.3) is 0 Å². The number of thioether (sulfide) groups is 2. The summed E-state index contributed by atoms with van der Waals surface area (Å²) in [7, 11) is 0. The first kappa shape index (κ1) is 7.77. The van der Waals surface area contributed by atoms with Crippen LogP contribution in [0, 0.1) is 0 Å². The quantitative estimate of drug-likeness (QED) is 0.712. The largest absolute Gasteiger partial charge is 0.151 e. The Labute approximate surface area is 79.1 Å². The van der Waals surface area contributed by atoms with Crippen LogP contribution in [0.1, 0.15) is 6.42 Å². The van der Waals surface area contributed by atoms with E-state index >= 15 is 0 Å². The van der Waals surface area contributed by atoms with Crippen molar-refractivity contribution < 1.29 is 0 Å². The summed E-state index contributed by atoms with van der Waals surface area (Å²) >= 11 is 5.60. The Balaban J connectivity index is 2.00. The Kier molecular flexibility index (Phi) is 2.61. The smallest absolute Gasteiger partial charge is 0.0226 e. The van der Waals surface area contributed by atoms with E-state index in [0.717, 1.165) is 0 Å². The third-order valence-corrected chi connectivity index (χ3v) is 4.37. The molecule has 2 rings (SSSR count). The molecule has 11 heavy (non-hydrogen) atoms. The van der Waals surface area contributed by atoms with Gasteiger partial charge >= 0.3 is 0 Å². The Morgan fingerprint density at radius 3 is 3.09 bits per heavy atom. The van der Waals surface area contributed by atoms with Gasteiger partial charge in [0.2, 0.25) is 0 Å². The molecule has 1 aliphatic heterocycles. The molecule has 0 aromatic carbocycles. The molecule has 0 saturated heterocycles. The highest BCUT2D eigenvalue weighted by atomic mass is 32.2. The fraction of sp³-hybridized carbons (Fsp3) is 0.250. The van der Waals surface area contributed by atoms with Gasteiger partial charge in [-0.15, -0.1) is 11.8 Å². The summed E-state index contributed by atoms with van der Waals surface area (Å²) in [6, 6.07) is 2.18. The minimum Gasteiger partial charge on any atom is -0.151 e. The van der Waals surface area contributed by atoms with E-state index in [-0.39, 0.29) is 0 Å². The maximum absolute atomic E-state index is 2.28. The molecule has 2 heterocycles. The van der Waals surface area contributed by atoms with Crippen molar-refractivity contribution >= 4 is 34.9 Å². The van der Waals surface area contributed by atoms with Crippen LogP contribution < -0.4 is 0 Å². The highest BCUT2D eigenvalue weighted by Gasteiger charge is 2.06. The van der Waals surface area contributed by atoms with Gasteiger partial charge in [-0.2, -0.15) is 11.3 Å². The van der Waals surface area contributed by atoms with Crippen molar-refractivity contribution in [3.8, 4) is 0 Å². The van der Waals surface area contributed by atoms with Gasteiger partial charge in [0.15, 0.2) is 0 Å². The van der Waals surface area contributed by atoms with Crippen LogP contribution >= 0.6 is 34.9 Å². The molecule has 0 atom stereocenters. The zero-order valence-electron chi connectivity index (χ0n) is 5.95. The molecule has 0 unspecified atom stereocenters. The third kappa shape index (κ3) is 2.04. The van der Waals surface area contributed by atoms with Crippen LogP contribution in [0.3, 0.4) is 0 Å². The fourth-order valence-corrected chi connectivity index (χ4v) is 3.80. The first-order valence-electron chi connectivity index (χ1n) is 3.46. The standard InChI is InChI=1S/C8H8S3/c1-3-9-5-7(1)11-8-2-4-10-6-8/h1,3,5-6H,2,4H2. The van der Waals surface area contributed by atoms with E-state index in [0.29, 0.717) is 0 Å². The van der Waals surface area contributed by atoms with E-state index < -0.39 is 0 Å². The van der Waals surface area contributed by atoms with Gasteiger partial charge in [-0.3, -0.25) is 0 Å². The lowest BCUT2D eigenvalue weighted by molar-refractivity contribution is 1.25. The molecule has 0 spiro atoms. The molecule has 3 heteroatoms. The van der Waals surface area contributed by atoms with Gasteiger partial charge in [-0.25, -0.2) is 0 Å². The molecule has 0 aliphatic carbocycles. The van der Waals surface area contributed by atoms with E-state index in [2.05, 4.69) is 22.2 Å². The number of allylic oxidation sites excluding steroid dienone is 1. The first-order valence-corrected chi connectivity index (χ1v) is 6.27. The topological polar surface area (TPSA) is 0 Å². The number of hydrogen-bond donors (Lipinski definition) is 0. The second-order valence-electron chi connectivity index (χ2n) is 2.27. The fourth-order valence-electron chi connectivity index (χ4n) is 0.907. The molecule has 0 fully saturated rings. The lowest BCUT2D eigenvalue weighted by Crippen LogP contribution is -1.70. The van der Waals surface area contributed by atoms with Crippen molar-refractivity contribution in [2.75, 3.05) is 5.75 Å². The molecular formula is C8H8S3. The average Bonchev–Trinajstić information content (AvgIpc) is 2.60. The van der Waals surface area contributed by atoms with Gasteiger partial charge in [-0.1, -0.05) is 11.8 Å². The van der Waals surface area contributed by atoms with Gasteiger partial charge in [0.05, 0.1) is 0 Å². The first-order chi connectivity index (χ1) is 5.45. The number of rotatable bonds is 2. The van der Waals surface area contributed by atoms with Crippen molar-refractivity contribution in [1.29, 1.82) is 0 Å². The minimum atomic E-state index is 1.26. The molecule has 0 saturated carbocycles. The van der Waals surface area contributed by atoms with Crippen LogP contribution in [-0.4, -0.2) is 5.75 Å². The normalized spacial score (nSPS) is 16.9. The summed E-state index contributed by atoms with van der Waals surface area (Å²) in [5.41, 5.74) is 0. The molecule has 0 amide bonds. The summed E-state index contributed by atoms with van der Waals surface area (Å²) < 4.78 is 0. The van der Waals surface area contributed by atoms with E-state index in [1.165, 1.54) is 22.0 Å². The lowest BCUT2D eigenvalue weighted by atomic mass is 10.5. The Bertz CT molecular complexity index is 248. The van der Waals surface area contributed by atoms with Crippen LogP contribution in [0.15, 0.2) is 32.0 Å². The van der Waals surface area contributed by atoms with E-state index in [1.807, 2.05) is 23.5 Å². The SMILES string of the molecule is C1=C(Sc2ccsc2)CCS1. The second-order valence-corrected chi connectivity index (χ2v) is 5.22. The van der Waals surface area contributed by atoms with Crippen LogP contribution in [0.5, 0.6) is 0 Å². The van der Waals surface area contributed by atoms with Crippen LogP contribution in [0.4, 0.5) is 0 Å². The zero-order chi connectivity index (χ0) is 7.52. The number of hydrogen-bond acceptors (Lipinski definition) is 3. The second kappa shape index (κ2) is 3.70. The van der Waals surface area contributed by atoms with Gasteiger partial charge in [0.1, 0.15) is 0 Å². The van der Waals surface area contributed by atoms with E-state index in [9.17, 15) is 0 Å². The monoisotopic (exact) mass is 200 g/mol. The van der Waals surface area contributed by atoms with E-state index in [4.69, 9.17) is 0 Å². The summed E-state index contributed by atoms with van der Waals surface area (Å²) in [4.78, 5) is 2.91. The molecular weight excluding hydrogens is 192 g/mol. The lowest BCUT2D eigenvalue weighted by Gasteiger charge is -1.95. The highest BCUT2D eigenvalue weighted by Crippen LogP contribution is 2.36. The number of thiophene rings is 1. The van der Waals surface area contributed by atoms with Crippen molar-refractivity contribution in [3.05, 3.63) is 27.1 Å². The van der Waals surface area contributed by atoms with Crippen LogP contribution in [0.2, 0.25) is 0 Å². The Hall–Kier alpha value is 0.140. The summed E-state index contributed by atoms with van der Waals surface area (Å²) in [5, 5.41) is 6.61. The minimum absolute atomic E-state index is 1.26. The van der Waals surface area contributed by atoms with Crippen molar-refractivity contribution in [1.82, 2.24) is 0 Å². The average molecular weight is 200 g/mol. The molecule has 0 bridgehead atoms. The Morgan fingerprint density at radius 2 is 2.45 bits per heavy atom. The van der Waals surface area contributed by atoms with Crippen molar-refractivity contribution in [2.45, 2.75) is 11.3 Å². The summed E-state index contributed by atoms with van der Waals surface area (Å²) in [6.45, 7) is 0. The molecule has 0 nitrogen and oxygen atoms in total. The van der Waals surface area contributed by atoms with Crippen molar-refractivity contribution in [3.63, 3.8) is 0 Å². The van der Waals surface area contributed by atoms with Crippen LogP contribution in [-0.2, 0) is 0 Å². The van der Waals surface area contributed by atoms with Gasteiger partial charge in [0, 0.05) is 16.0 Å². The molecule has 58 valence electrons. The summed E-state index contributed by atoms with van der Waals surface area (Å²) in [6.07, 6.45) is 1.26. The third-order valence-electron chi connectivity index (χ3n) is 1.43. The predicted molar refractivity (Wildman–Crippen MR) is 55.3 cm³/mol. The molecule has 1 aliphatic rings. The molecule has 1 aromatic heterocycles. The molecule has 1 aromatic rings. The maximum atomic E-state index is 2.28. The van der Waals surface area contributed by atoms with Crippen LogP contribution in [0.25, 0.3) is 0 Å². The zero-order valence-corrected chi connectivity index (χ0v) is 8.40. The molecule has 0 radical (unpaired) electrons. The van der Waals surface area contributed by atoms with E-state index in [1.54, 1.807) is 11.3 Å². The van der Waals surface area contributed by atoms with Gasteiger partial charge in [-0.05, 0) is 28.2 Å². The van der Waals surface area contributed by atoms with Crippen molar-refractivity contribution in [2.24, 2.45) is 0 Å². The molecule has 0 N–H and O–H groups in total. The maximum Gasteiger partial charge on any atom is 0.0226 e. The van der Waals surface area contributed by atoms with Gasteiger partial charge < -0.3 is 0 Å². The Morgan fingerprint density at radius 1 is 1.45 bits per heavy atom.